The van der Waals surface area contributed by atoms with Crippen LogP contribution in [-0.2, 0) is 0 Å². The zero-order valence-corrected chi connectivity index (χ0v) is 14.0. The lowest BCUT2D eigenvalue weighted by Crippen LogP contribution is -2.49. The first kappa shape index (κ1) is 24.2. The Morgan fingerprint density at radius 3 is 1.91 bits per heavy atom. The monoisotopic (exact) mass is 346 g/mol. The van der Waals surface area contributed by atoms with Gasteiger partial charge < -0.3 is 41.3 Å². The molecule has 0 unspecified atom stereocenters. The van der Waals surface area contributed by atoms with E-state index < -0.39 is 36.6 Å². The molecule has 0 aliphatic carbocycles. The first-order valence-corrected chi connectivity index (χ1v) is 7.16. The lowest BCUT2D eigenvalue weighted by Gasteiger charge is -2.25. The average Bonchev–Trinajstić information content (AvgIpc) is 2.42. The maximum Gasteiger partial charge on any atom is 0.111 e. The van der Waals surface area contributed by atoms with Crippen molar-refractivity contribution in [3.63, 3.8) is 0 Å². The predicted octanol–water partition coefficient (Wildman–Crippen LogP) is -2.82. The maximum absolute atomic E-state index is 9.63. The molecule has 4 atom stereocenters. The van der Waals surface area contributed by atoms with Gasteiger partial charge in [-0.3, -0.25) is 0 Å². The molecule has 0 aliphatic heterocycles. The van der Waals surface area contributed by atoms with Crippen LogP contribution in [0.3, 0.4) is 0 Å². The van der Waals surface area contributed by atoms with Gasteiger partial charge in [-0.05, 0) is 33.4 Å². The lowest BCUT2D eigenvalue weighted by molar-refractivity contribution is -0.113. The molecule has 0 radical (unpaired) electrons. The molecule has 8 nitrogen and oxygen atoms in total. The summed E-state index contributed by atoms with van der Waals surface area (Å²) in [6, 6.07) is 0. The Morgan fingerprint density at radius 2 is 1.41 bits per heavy atom. The molecule has 9 heteroatoms. The van der Waals surface area contributed by atoms with Crippen LogP contribution in [0.25, 0.3) is 0 Å². The molecule has 0 amide bonds. The highest BCUT2D eigenvalue weighted by Crippen LogP contribution is 2.04. The molecule has 0 aromatic heterocycles. The highest BCUT2D eigenvalue weighted by atomic mass is 35.5. The standard InChI is InChI=1S/C13H30N2O6.ClH/c1-13(2,21)8-15-5-3-4-14-6-9(17)11(19)12(20)10(18)7-16;/h9-12,14-21H,3-8H2,1-2H3;1H/t9-,10+,11+,12+;/m0./s1. The second kappa shape index (κ2) is 12.4. The molecule has 136 valence electrons. The highest BCUT2D eigenvalue weighted by Gasteiger charge is 2.29. The minimum atomic E-state index is -1.60. The van der Waals surface area contributed by atoms with E-state index in [0.29, 0.717) is 19.6 Å². The van der Waals surface area contributed by atoms with E-state index >= 15 is 0 Å². The van der Waals surface area contributed by atoms with Crippen molar-refractivity contribution in [2.24, 2.45) is 0 Å². The van der Waals surface area contributed by atoms with Crippen LogP contribution >= 0.6 is 12.4 Å². The molecule has 0 saturated carbocycles. The van der Waals surface area contributed by atoms with Gasteiger partial charge in [0.15, 0.2) is 0 Å². The number of rotatable bonds is 12. The van der Waals surface area contributed by atoms with Crippen LogP contribution < -0.4 is 10.6 Å². The summed E-state index contributed by atoms with van der Waals surface area (Å²) in [6.07, 6.45) is -5.10. The van der Waals surface area contributed by atoms with E-state index in [2.05, 4.69) is 10.6 Å². The smallest absolute Gasteiger partial charge is 0.111 e. The number of aliphatic hydroxyl groups excluding tert-OH is 5. The van der Waals surface area contributed by atoms with E-state index in [1.54, 1.807) is 13.8 Å². The zero-order chi connectivity index (χ0) is 16.5. The Balaban J connectivity index is 0. The van der Waals surface area contributed by atoms with Gasteiger partial charge in [0.25, 0.3) is 0 Å². The summed E-state index contributed by atoms with van der Waals surface area (Å²) in [5.74, 6) is 0. The molecule has 0 rings (SSSR count). The molecule has 8 N–H and O–H groups in total. The maximum atomic E-state index is 9.63. The fourth-order valence-corrected chi connectivity index (χ4v) is 1.67. The van der Waals surface area contributed by atoms with E-state index in [9.17, 15) is 20.4 Å². The van der Waals surface area contributed by atoms with Crippen LogP contribution in [0.1, 0.15) is 20.3 Å². The molecule has 22 heavy (non-hydrogen) atoms. The third-order valence-corrected chi connectivity index (χ3v) is 2.94. The van der Waals surface area contributed by atoms with Crippen LogP contribution in [-0.4, -0.2) is 93.4 Å². The van der Waals surface area contributed by atoms with Crippen LogP contribution in [0.4, 0.5) is 0 Å². The van der Waals surface area contributed by atoms with Gasteiger partial charge in [-0.25, -0.2) is 0 Å². The summed E-state index contributed by atoms with van der Waals surface area (Å²) in [4.78, 5) is 0. The minimum absolute atomic E-state index is 0. The van der Waals surface area contributed by atoms with Crippen molar-refractivity contribution in [2.75, 3.05) is 32.8 Å². The summed E-state index contributed by atoms with van der Waals surface area (Å²) < 4.78 is 0. The van der Waals surface area contributed by atoms with Crippen molar-refractivity contribution in [1.82, 2.24) is 10.6 Å². The molecule has 0 saturated heterocycles. The highest BCUT2D eigenvalue weighted by molar-refractivity contribution is 5.85. The fourth-order valence-electron chi connectivity index (χ4n) is 1.67. The third-order valence-electron chi connectivity index (χ3n) is 2.94. The largest absolute Gasteiger partial charge is 0.394 e. The molecular weight excluding hydrogens is 316 g/mol. The van der Waals surface area contributed by atoms with Crippen molar-refractivity contribution in [2.45, 2.75) is 50.3 Å². The van der Waals surface area contributed by atoms with Gasteiger partial charge in [0.1, 0.15) is 18.3 Å². The first-order chi connectivity index (χ1) is 9.69. The zero-order valence-electron chi connectivity index (χ0n) is 13.1. The van der Waals surface area contributed by atoms with Crippen molar-refractivity contribution in [1.29, 1.82) is 0 Å². The van der Waals surface area contributed by atoms with Crippen molar-refractivity contribution >= 4 is 12.4 Å². The summed E-state index contributed by atoms with van der Waals surface area (Å²) >= 11 is 0. The normalized spacial score (nSPS) is 17.5. The van der Waals surface area contributed by atoms with Gasteiger partial charge >= 0.3 is 0 Å². The van der Waals surface area contributed by atoms with E-state index in [0.717, 1.165) is 6.42 Å². The minimum Gasteiger partial charge on any atom is -0.394 e. The quantitative estimate of drug-likeness (QED) is 0.177. The lowest BCUT2D eigenvalue weighted by atomic mass is 10.0. The summed E-state index contributed by atoms with van der Waals surface area (Å²) in [6.45, 7) is 4.56. The Bertz CT molecular complexity index is 267. The summed E-state index contributed by atoms with van der Waals surface area (Å²) in [5, 5.41) is 61.9. The molecule has 0 fully saturated rings. The summed E-state index contributed by atoms with van der Waals surface area (Å²) in [5.41, 5.74) is -0.753. The molecule has 0 aromatic rings. The van der Waals surface area contributed by atoms with Gasteiger partial charge in [0.05, 0.1) is 18.3 Å². The number of hydrogen-bond acceptors (Lipinski definition) is 8. The van der Waals surface area contributed by atoms with Crippen LogP contribution in [0.15, 0.2) is 0 Å². The average molecular weight is 347 g/mol. The number of hydrogen-bond donors (Lipinski definition) is 8. The topological polar surface area (TPSA) is 145 Å². The fraction of sp³-hybridized carbons (Fsp3) is 1.00. The molecule has 0 bridgehead atoms. The Hall–Kier alpha value is -0.0300. The molecule has 0 aliphatic rings. The predicted molar refractivity (Wildman–Crippen MR) is 85.0 cm³/mol. The second-order valence-electron chi connectivity index (χ2n) is 5.85. The Kier molecular flexibility index (Phi) is 13.7. The van der Waals surface area contributed by atoms with E-state index in [-0.39, 0.29) is 19.0 Å². The SMILES string of the molecule is CC(C)(O)CNCCCNC[C@H](O)[C@@H](O)[C@H](O)[C@H](O)CO.Cl. The molecule has 0 heterocycles. The van der Waals surface area contributed by atoms with Crippen LogP contribution in [0.5, 0.6) is 0 Å². The van der Waals surface area contributed by atoms with Gasteiger partial charge in [0.2, 0.25) is 0 Å². The number of halogens is 1. The molecular formula is C13H31ClN2O6. The van der Waals surface area contributed by atoms with Crippen LogP contribution in [0, 0.1) is 0 Å². The number of nitrogens with one attached hydrogen (secondary N) is 2. The second-order valence-corrected chi connectivity index (χ2v) is 5.85. The first-order valence-electron chi connectivity index (χ1n) is 7.16. The van der Waals surface area contributed by atoms with E-state index in [1.165, 1.54) is 0 Å². The Morgan fingerprint density at radius 1 is 0.909 bits per heavy atom. The van der Waals surface area contributed by atoms with Crippen LogP contribution in [0.2, 0.25) is 0 Å². The molecule has 0 spiro atoms. The van der Waals surface area contributed by atoms with Gasteiger partial charge in [-0.1, -0.05) is 0 Å². The van der Waals surface area contributed by atoms with Crippen molar-refractivity contribution < 1.29 is 30.6 Å². The van der Waals surface area contributed by atoms with Crippen molar-refractivity contribution in [3.8, 4) is 0 Å². The van der Waals surface area contributed by atoms with E-state index in [1.807, 2.05) is 0 Å². The van der Waals surface area contributed by atoms with Crippen molar-refractivity contribution in [3.05, 3.63) is 0 Å². The van der Waals surface area contributed by atoms with Gasteiger partial charge in [-0.2, -0.15) is 0 Å². The van der Waals surface area contributed by atoms with Gasteiger partial charge in [0, 0.05) is 13.1 Å². The Labute approximate surface area is 137 Å². The summed E-state index contributed by atoms with van der Waals surface area (Å²) in [7, 11) is 0. The van der Waals surface area contributed by atoms with E-state index in [4.69, 9.17) is 10.2 Å². The third kappa shape index (κ3) is 11.5. The number of aliphatic hydroxyl groups is 6. The molecule has 0 aromatic carbocycles. The van der Waals surface area contributed by atoms with Gasteiger partial charge in [-0.15, -0.1) is 12.4 Å².